The molecule has 0 unspecified atom stereocenters. The molecule has 5 heteroatoms. The summed E-state index contributed by atoms with van der Waals surface area (Å²) in [7, 11) is 0. The van der Waals surface area contributed by atoms with Gasteiger partial charge in [-0.2, -0.15) is 0 Å². The number of hydrogen-bond donors (Lipinski definition) is 0. The largest absolute Gasteiger partial charge is 0.456 e. The molecule has 2 aliphatic rings. The van der Waals surface area contributed by atoms with Gasteiger partial charge in [-0.25, -0.2) is 15.0 Å². The van der Waals surface area contributed by atoms with E-state index in [1.165, 1.54) is 43.2 Å². The van der Waals surface area contributed by atoms with Crippen LogP contribution in [0.4, 0.5) is 0 Å². The Morgan fingerprint density at radius 2 is 0.941 bits per heavy atom. The van der Waals surface area contributed by atoms with Gasteiger partial charge >= 0.3 is 0 Å². The quantitative estimate of drug-likeness (QED) is 0.187. The number of aromatic nitrogens is 3. The van der Waals surface area contributed by atoms with Gasteiger partial charge in [-0.1, -0.05) is 139 Å². The predicted octanol–water partition coefficient (Wildman–Crippen LogP) is 11.6. The van der Waals surface area contributed by atoms with Gasteiger partial charge in [0.25, 0.3) is 0 Å². The normalized spacial score (nSPS) is 13.6. The monoisotopic (exact) mass is 669 g/mol. The van der Waals surface area contributed by atoms with Crippen LogP contribution in [0.15, 0.2) is 178 Å². The van der Waals surface area contributed by atoms with Gasteiger partial charge in [0.1, 0.15) is 11.2 Å². The molecule has 0 atom stereocenters. The number of fused-ring (bicyclic) bond motifs is 12. The predicted molar refractivity (Wildman–Crippen MR) is 205 cm³/mol. The Morgan fingerprint density at radius 3 is 1.71 bits per heavy atom. The number of furan rings is 1. The molecule has 0 N–H and O–H groups in total. The molecule has 2 aromatic heterocycles. The molecular weight excluding hydrogens is 643 g/mol. The lowest BCUT2D eigenvalue weighted by molar-refractivity contribution is 0.669. The molecule has 11 rings (SSSR count). The number of benzene rings is 7. The Bertz CT molecular complexity index is 2810. The molecule has 0 bridgehead atoms. The van der Waals surface area contributed by atoms with Gasteiger partial charge in [0.2, 0.25) is 0 Å². The molecule has 0 radical (unpaired) electrons. The van der Waals surface area contributed by atoms with Crippen LogP contribution in [0.5, 0.6) is 0 Å². The lowest BCUT2D eigenvalue weighted by Gasteiger charge is -2.39. The highest BCUT2D eigenvalue weighted by atomic mass is 32.2. The van der Waals surface area contributed by atoms with E-state index in [4.69, 9.17) is 19.4 Å². The molecule has 4 nitrogen and oxygen atoms in total. The summed E-state index contributed by atoms with van der Waals surface area (Å²) in [6.45, 7) is 0. The van der Waals surface area contributed by atoms with Crippen LogP contribution in [0.25, 0.3) is 67.2 Å². The first kappa shape index (κ1) is 28.5. The van der Waals surface area contributed by atoms with Crippen molar-refractivity contribution in [1.82, 2.24) is 15.0 Å². The van der Waals surface area contributed by atoms with Crippen molar-refractivity contribution in [1.29, 1.82) is 0 Å². The van der Waals surface area contributed by atoms with Crippen LogP contribution in [0.1, 0.15) is 22.3 Å². The zero-order valence-corrected chi connectivity index (χ0v) is 28.1. The van der Waals surface area contributed by atoms with Gasteiger partial charge in [-0.05, 0) is 69.8 Å². The van der Waals surface area contributed by atoms with Crippen molar-refractivity contribution in [3.05, 3.63) is 186 Å². The van der Waals surface area contributed by atoms with E-state index in [0.29, 0.717) is 17.5 Å². The first-order chi connectivity index (χ1) is 25.3. The van der Waals surface area contributed by atoms with Crippen LogP contribution < -0.4 is 0 Å². The third-order valence-electron chi connectivity index (χ3n) is 10.4. The fourth-order valence-corrected chi connectivity index (χ4v) is 9.38. The van der Waals surface area contributed by atoms with E-state index in [1.807, 2.05) is 66.4 Å². The summed E-state index contributed by atoms with van der Waals surface area (Å²) in [6, 6.07) is 57.9. The Labute approximate surface area is 298 Å². The van der Waals surface area contributed by atoms with E-state index in [-0.39, 0.29) is 0 Å². The summed E-state index contributed by atoms with van der Waals surface area (Å²) >= 11 is 1.84. The summed E-state index contributed by atoms with van der Waals surface area (Å²) in [5, 5.41) is 2.17. The summed E-state index contributed by atoms with van der Waals surface area (Å²) < 4.78 is 6.27. The zero-order valence-electron chi connectivity index (χ0n) is 27.2. The molecule has 0 saturated carbocycles. The first-order valence-corrected chi connectivity index (χ1v) is 17.9. The van der Waals surface area contributed by atoms with E-state index in [1.54, 1.807) is 0 Å². The zero-order chi connectivity index (χ0) is 33.5. The maximum Gasteiger partial charge on any atom is 0.164 e. The molecule has 3 heterocycles. The van der Waals surface area contributed by atoms with Crippen molar-refractivity contribution >= 4 is 33.7 Å². The van der Waals surface area contributed by atoms with Gasteiger partial charge in [-0.15, -0.1) is 0 Å². The lowest BCUT2D eigenvalue weighted by Crippen LogP contribution is -2.32. The van der Waals surface area contributed by atoms with E-state index >= 15 is 0 Å². The third-order valence-corrected chi connectivity index (χ3v) is 11.6. The summed E-state index contributed by atoms with van der Waals surface area (Å²) in [4.78, 5) is 17.9. The highest BCUT2D eigenvalue weighted by Crippen LogP contribution is 2.62. The second-order valence-electron chi connectivity index (χ2n) is 13.1. The van der Waals surface area contributed by atoms with Gasteiger partial charge in [0, 0.05) is 37.3 Å². The molecule has 1 aliphatic carbocycles. The van der Waals surface area contributed by atoms with Crippen molar-refractivity contribution in [2.75, 3.05) is 0 Å². The molecule has 1 spiro atoms. The van der Waals surface area contributed by atoms with Gasteiger partial charge in [0.15, 0.2) is 17.5 Å². The number of nitrogens with zero attached hydrogens (tertiary/aromatic N) is 3. The van der Waals surface area contributed by atoms with Crippen LogP contribution in [-0.2, 0) is 5.41 Å². The standard InChI is InChI=1S/C46H27N3OS/c1-2-12-28(13-3-1)43-47-44(49-45(48-43)30-22-24-34-33-16-6-10-20-39(33)50-40(34)27-30)29-23-25-42-38(26-29)46(37-19-9-11-21-41(37)51-42)35-17-7-4-14-31(35)32-15-5-8-18-36(32)46/h1-27H. The SMILES string of the molecule is c1ccc(-c2nc(-c3ccc4c(c3)C3(c5ccccc5S4)c4ccccc4-c4ccccc43)nc(-c3ccc4c(c3)oc3ccccc34)n2)cc1. The molecule has 9 aromatic rings. The Morgan fingerprint density at radius 1 is 0.392 bits per heavy atom. The summed E-state index contributed by atoms with van der Waals surface area (Å²) in [5.74, 6) is 1.86. The molecule has 0 saturated heterocycles. The Kier molecular flexibility index (Phi) is 6.07. The minimum atomic E-state index is -0.481. The van der Waals surface area contributed by atoms with E-state index in [0.717, 1.165) is 38.6 Å². The van der Waals surface area contributed by atoms with Crippen molar-refractivity contribution < 1.29 is 4.42 Å². The Hall–Kier alpha value is -6.30. The topological polar surface area (TPSA) is 51.8 Å². The van der Waals surface area contributed by atoms with Gasteiger partial charge < -0.3 is 4.42 Å². The number of para-hydroxylation sites is 1. The van der Waals surface area contributed by atoms with Crippen LogP contribution >= 0.6 is 11.8 Å². The fraction of sp³-hybridized carbons (Fsp3) is 0.0217. The fourth-order valence-electron chi connectivity index (χ4n) is 8.21. The first-order valence-electron chi connectivity index (χ1n) is 17.1. The maximum absolute atomic E-state index is 6.27. The number of rotatable bonds is 3. The van der Waals surface area contributed by atoms with Crippen LogP contribution in [0.2, 0.25) is 0 Å². The second kappa shape index (κ2) is 10.8. The average Bonchev–Trinajstić information content (AvgIpc) is 3.72. The molecular formula is C46H27N3OS. The Balaban J connectivity index is 1.15. The summed E-state index contributed by atoms with van der Waals surface area (Å²) in [6.07, 6.45) is 0. The summed E-state index contributed by atoms with van der Waals surface area (Å²) in [5.41, 5.74) is 11.7. The molecule has 51 heavy (non-hydrogen) atoms. The molecule has 0 fully saturated rings. The van der Waals surface area contributed by atoms with E-state index in [2.05, 4.69) is 109 Å². The minimum Gasteiger partial charge on any atom is -0.456 e. The smallest absolute Gasteiger partial charge is 0.164 e. The minimum absolute atomic E-state index is 0.481. The third kappa shape index (κ3) is 4.13. The molecule has 238 valence electrons. The highest BCUT2D eigenvalue weighted by molar-refractivity contribution is 7.99. The van der Waals surface area contributed by atoms with Crippen LogP contribution in [0.3, 0.4) is 0 Å². The van der Waals surface area contributed by atoms with Crippen molar-refractivity contribution in [3.63, 3.8) is 0 Å². The number of hydrogen-bond acceptors (Lipinski definition) is 5. The lowest BCUT2D eigenvalue weighted by atomic mass is 9.67. The van der Waals surface area contributed by atoms with Crippen LogP contribution in [0, 0.1) is 0 Å². The highest BCUT2D eigenvalue weighted by Gasteiger charge is 2.50. The van der Waals surface area contributed by atoms with Crippen molar-refractivity contribution in [2.45, 2.75) is 15.2 Å². The van der Waals surface area contributed by atoms with Gasteiger partial charge in [0.05, 0.1) is 5.41 Å². The maximum atomic E-state index is 6.27. The van der Waals surface area contributed by atoms with Gasteiger partial charge in [-0.3, -0.25) is 0 Å². The second-order valence-corrected chi connectivity index (χ2v) is 14.2. The van der Waals surface area contributed by atoms with Crippen molar-refractivity contribution in [2.24, 2.45) is 0 Å². The molecule has 0 amide bonds. The molecule has 1 aliphatic heterocycles. The molecule has 7 aromatic carbocycles. The van der Waals surface area contributed by atoms with Crippen molar-refractivity contribution in [3.8, 4) is 45.3 Å². The van der Waals surface area contributed by atoms with E-state index in [9.17, 15) is 0 Å². The van der Waals surface area contributed by atoms with E-state index < -0.39 is 5.41 Å². The average molecular weight is 670 g/mol. The van der Waals surface area contributed by atoms with Crippen LogP contribution in [-0.4, -0.2) is 15.0 Å².